The molecule has 38 heavy (non-hydrogen) atoms. The van der Waals surface area contributed by atoms with E-state index in [0.717, 1.165) is 22.3 Å². The molecule has 2 N–H and O–H groups in total. The summed E-state index contributed by atoms with van der Waals surface area (Å²) in [6.45, 7) is 1.42. The molecule has 202 valence electrons. The molecule has 0 spiro atoms. The summed E-state index contributed by atoms with van der Waals surface area (Å²) in [7, 11) is 0. The minimum atomic E-state index is -5.87. The zero-order chi connectivity index (χ0) is 27.1. The first-order valence-corrected chi connectivity index (χ1v) is 12.8. The van der Waals surface area contributed by atoms with Gasteiger partial charge in [-0.1, -0.05) is 36.8 Å². The Kier molecular flexibility index (Phi) is 5.52. The molecule has 2 fully saturated rings. The predicted octanol–water partition coefficient (Wildman–Crippen LogP) is 5.69. The molecule has 0 aliphatic heterocycles. The molecule has 11 heteroatoms. The van der Waals surface area contributed by atoms with Crippen molar-refractivity contribution in [2.24, 2.45) is 17.3 Å². The van der Waals surface area contributed by atoms with Crippen molar-refractivity contribution >= 4 is 5.78 Å². The van der Waals surface area contributed by atoms with Crippen LogP contribution in [-0.2, 0) is 4.79 Å². The van der Waals surface area contributed by atoms with E-state index in [1.54, 1.807) is 18.2 Å². The van der Waals surface area contributed by atoms with Gasteiger partial charge in [0.2, 0.25) is 0 Å². The minimum Gasteiger partial charge on any atom is -0.383 e. The van der Waals surface area contributed by atoms with Gasteiger partial charge in [-0.3, -0.25) is 4.79 Å². The van der Waals surface area contributed by atoms with Gasteiger partial charge in [-0.25, -0.2) is 5.10 Å². The number of tetrazole rings is 1. The van der Waals surface area contributed by atoms with Gasteiger partial charge in [0.05, 0.1) is 0 Å². The van der Waals surface area contributed by atoms with Crippen molar-refractivity contribution < 1.29 is 31.9 Å². The van der Waals surface area contributed by atoms with Crippen LogP contribution in [0.3, 0.4) is 0 Å². The molecule has 0 radical (unpaired) electrons. The van der Waals surface area contributed by atoms with Crippen molar-refractivity contribution in [3.8, 4) is 11.4 Å². The summed E-state index contributed by atoms with van der Waals surface area (Å²) in [5.41, 5.74) is -0.427. The maximum atomic E-state index is 15.1. The number of ketones is 1. The standard InChI is InChI=1S/C27H27F5N4O2/c1-24-13-20(14-2-4-15(5-3-14)23-33-35-36-34-23)22-18-9-7-17(37)12-16(18)6-8-19(22)21(24)10-11-25(24,38)26(28,29)27(30,31)32/h2-5,12,19-21,38H,6-11,13H2,1H3,(H,33,34,35,36)/t19?,20-,21?,24+,25+/m1/s1. The monoisotopic (exact) mass is 534 g/mol. The van der Waals surface area contributed by atoms with E-state index in [0.29, 0.717) is 37.1 Å². The third-order valence-corrected chi connectivity index (χ3v) is 9.69. The van der Waals surface area contributed by atoms with E-state index in [1.165, 1.54) is 6.92 Å². The molecule has 0 saturated heterocycles. The first-order valence-electron chi connectivity index (χ1n) is 12.8. The summed E-state index contributed by atoms with van der Waals surface area (Å²) in [6, 6.07) is 7.19. The summed E-state index contributed by atoms with van der Waals surface area (Å²) >= 11 is 0. The number of allylic oxidation sites excluding steroid dienone is 4. The Morgan fingerprint density at radius 2 is 1.79 bits per heavy atom. The van der Waals surface area contributed by atoms with E-state index in [1.807, 2.05) is 12.1 Å². The molecule has 4 aliphatic rings. The Bertz CT molecular complexity index is 1330. The smallest absolute Gasteiger partial charge is 0.383 e. The molecule has 2 aromatic rings. The molecule has 6 nitrogen and oxygen atoms in total. The molecule has 4 aliphatic carbocycles. The highest BCUT2D eigenvalue weighted by Crippen LogP contribution is 2.70. The highest BCUT2D eigenvalue weighted by molar-refractivity contribution is 5.93. The van der Waals surface area contributed by atoms with Crippen molar-refractivity contribution in [2.45, 2.75) is 75.5 Å². The van der Waals surface area contributed by atoms with E-state index in [-0.39, 0.29) is 24.5 Å². The van der Waals surface area contributed by atoms with E-state index >= 15 is 8.78 Å². The summed E-state index contributed by atoms with van der Waals surface area (Å²) in [4.78, 5) is 12.2. The third kappa shape index (κ3) is 3.39. The first kappa shape index (κ1) is 25.3. The van der Waals surface area contributed by atoms with Crippen LogP contribution in [-0.4, -0.2) is 49.2 Å². The molecule has 0 bridgehead atoms. The number of fused-ring (bicyclic) bond motifs is 4. The maximum Gasteiger partial charge on any atom is 0.456 e. The van der Waals surface area contributed by atoms with Crippen molar-refractivity contribution in [1.82, 2.24) is 20.6 Å². The van der Waals surface area contributed by atoms with Crippen molar-refractivity contribution in [2.75, 3.05) is 0 Å². The van der Waals surface area contributed by atoms with Crippen LogP contribution < -0.4 is 0 Å². The van der Waals surface area contributed by atoms with Crippen LogP contribution in [0.5, 0.6) is 0 Å². The van der Waals surface area contributed by atoms with Crippen LogP contribution in [0, 0.1) is 17.3 Å². The lowest BCUT2D eigenvalue weighted by atomic mass is 9.50. The van der Waals surface area contributed by atoms with Gasteiger partial charge in [0.1, 0.15) is 5.60 Å². The van der Waals surface area contributed by atoms with Crippen LogP contribution >= 0.6 is 0 Å². The number of alkyl halides is 5. The molecule has 6 rings (SSSR count). The van der Waals surface area contributed by atoms with Crippen LogP contribution in [0.2, 0.25) is 0 Å². The number of carbonyl (C=O) groups is 1. The molecular formula is C27H27F5N4O2. The lowest BCUT2D eigenvalue weighted by Gasteiger charge is -2.56. The molecule has 1 aromatic carbocycles. The largest absolute Gasteiger partial charge is 0.456 e. The molecular weight excluding hydrogens is 507 g/mol. The SMILES string of the molecule is C[C@]12C[C@H](c3ccc(-c4nnn[nH]4)cc3)C3=C4CCC(=O)C=C4CCC3C1CC[C@@]2(O)C(F)(F)C(F)(F)F. The summed E-state index contributed by atoms with van der Waals surface area (Å²) < 4.78 is 71.1. The quantitative estimate of drug-likeness (QED) is 0.494. The lowest BCUT2D eigenvalue weighted by Crippen LogP contribution is -2.65. The Morgan fingerprint density at radius 3 is 2.45 bits per heavy atom. The molecule has 1 aromatic heterocycles. The number of benzene rings is 1. The fourth-order valence-electron chi connectivity index (χ4n) is 7.87. The van der Waals surface area contributed by atoms with Crippen molar-refractivity contribution in [1.29, 1.82) is 0 Å². The van der Waals surface area contributed by atoms with Crippen molar-refractivity contribution in [3.05, 3.63) is 52.6 Å². The van der Waals surface area contributed by atoms with Crippen LogP contribution in [0.4, 0.5) is 22.0 Å². The molecule has 1 heterocycles. The average Bonchev–Trinajstić information content (AvgIpc) is 3.50. The number of nitrogens with one attached hydrogen (secondary N) is 1. The molecule has 0 amide bonds. The van der Waals surface area contributed by atoms with Gasteiger partial charge >= 0.3 is 12.1 Å². The van der Waals surface area contributed by atoms with Gasteiger partial charge in [-0.05, 0) is 83.6 Å². The number of aliphatic hydroxyl groups is 1. The molecule has 5 atom stereocenters. The van der Waals surface area contributed by atoms with Gasteiger partial charge in [-0.2, -0.15) is 22.0 Å². The summed E-state index contributed by atoms with van der Waals surface area (Å²) in [6.07, 6.45) is -2.81. The fourth-order valence-corrected chi connectivity index (χ4v) is 7.87. The number of halogens is 5. The van der Waals surface area contributed by atoms with Gasteiger partial charge in [0.15, 0.2) is 11.6 Å². The molecule has 2 unspecified atom stereocenters. The predicted molar refractivity (Wildman–Crippen MR) is 126 cm³/mol. The van der Waals surface area contributed by atoms with Crippen LogP contribution in [0.25, 0.3) is 11.4 Å². The number of aromatic amines is 1. The second kappa shape index (κ2) is 8.27. The van der Waals surface area contributed by atoms with Crippen molar-refractivity contribution in [3.63, 3.8) is 0 Å². The Hall–Kier alpha value is -2.95. The number of hydrogen-bond donors (Lipinski definition) is 2. The Balaban J connectivity index is 1.50. The normalized spacial score (nSPS) is 33.5. The van der Waals surface area contributed by atoms with Gasteiger partial charge in [0, 0.05) is 23.3 Å². The second-order valence-electron chi connectivity index (χ2n) is 11.3. The van der Waals surface area contributed by atoms with E-state index in [9.17, 15) is 23.1 Å². The zero-order valence-corrected chi connectivity index (χ0v) is 20.7. The number of rotatable bonds is 3. The number of carbonyl (C=O) groups excluding carboxylic acids is 1. The number of H-pyrrole nitrogens is 1. The van der Waals surface area contributed by atoms with E-state index in [2.05, 4.69) is 20.6 Å². The highest BCUT2D eigenvalue weighted by Gasteiger charge is 2.79. The minimum absolute atomic E-state index is 0.0464. The van der Waals surface area contributed by atoms with Gasteiger partial charge in [-0.15, -0.1) is 5.10 Å². The van der Waals surface area contributed by atoms with E-state index < -0.39 is 41.4 Å². The van der Waals surface area contributed by atoms with Gasteiger partial charge in [0.25, 0.3) is 0 Å². The highest BCUT2D eigenvalue weighted by atomic mass is 19.4. The molecule has 2 saturated carbocycles. The topological polar surface area (TPSA) is 91.8 Å². The Labute approximate surface area is 215 Å². The summed E-state index contributed by atoms with van der Waals surface area (Å²) in [5, 5.41) is 25.0. The number of aromatic nitrogens is 4. The lowest BCUT2D eigenvalue weighted by molar-refractivity contribution is -0.362. The van der Waals surface area contributed by atoms with E-state index in [4.69, 9.17) is 0 Å². The van der Waals surface area contributed by atoms with Gasteiger partial charge < -0.3 is 5.11 Å². The number of nitrogens with zero attached hydrogens (tertiary/aromatic N) is 3. The van der Waals surface area contributed by atoms with Crippen LogP contribution in [0.15, 0.2) is 47.1 Å². The zero-order valence-electron chi connectivity index (χ0n) is 20.7. The summed E-state index contributed by atoms with van der Waals surface area (Å²) in [5.74, 6) is -6.03. The Morgan fingerprint density at radius 1 is 1.05 bits per heavy atom. The fraction of sp³-hybridized carbons (Fsp3) is 0.556. The number of hydrogen-bond acceptors (Lipinski definition) is 5. The average molecular weight is 535 g/mol. The maximum absolute atomic E-state index is 15.1. The first-order chi connectivity index (χ1) is 17.9. The second-order valence-corrected chi connectivity index (χ2v) is 11.3. The van der Waals surface area contributed by atoms with Crippen LogP contribution in [0.1, 0.15) is 63.4 Å². The third-order valence-electron chi connectivity index (χ3n) is 9.69.